The minimum absolute atomic E-state index is 0.278. The zero-order valence-corrected chi connectivity index (χ0v) is 12.4. The van der Waals surface area contributed by atoms with Gasteiger partial charge in [0.2, 0.25) is 0 Å². The molecule has 0 aromatic carbocycles. The van der Waals surface area contributed by atoms with Gasteiger partial charge in [-0.3, -0.25) is 0 Å². The van der Waals surface area contributed by atoms with Crippen LogP contribution in [0.2, 0.25) is 0 Å². The maximum atomic E-state index is 11.5. The van der Waals surface area contributed by atoms with Gasteiger partial charge in [-0.1, -0.05) is 39.8 Å². The Morgan fingerprint density at radius 3 is 1.95 bits per heavy atom. The Hall–Kier alpha value is -1.62. The predicted octanol–water partition coefficient (Wildman–Crippen LogP) is 3.11. The van der Waals surface area contributed by atoms with E-state index in [1.165, 1.54) is 0 Å². The van der Waals surface area contributed by atoms with E-state index < -0.39 is 17.9 Å². The first-order valence-corrected chi connectivity index (χ1v) is 6.88. The van der Waals surface area contributed by atoms with Crippen LogP contribution in [-0.2, 0) is 23.8 Å². The van der Waals surface area contributed by atoms with E-state index in [-0.39, 0.29) is 6.42 Å². The summed E-state index contributed by atoms with van der Waals surface area (Å²) < 4.78 is 15.8. The molecule has 0 fully saturated rings. The van der Waals surface area contributed by atoms with Gasteiger partial charge in [0.05, 0.1) is 13.0 Å². The molecule has 0 N–H and O–H groups in total. The minimum Gasteiger partial charge on any atom is -0.395 e. The highest BCUT2D eigenvalue weighted by Gasteiger charge is 2.38. The van der Waals surface area contributed by atoms with Crippen molar-refractivity contribution in [3.05, 3.63) is 25.3 Å². The second-order valence-electron chi connectivity index (χ2n) is 4.24. The zero-order valence-electron chi connectivity index (χ0n) is 12.4. The summed E-state index contributed by atoms with van der Waals surface area (Å²) in [5, 5.41) is 0. The van der Waals surface area contributed by atoms with Crippen LogP contribution in [0.4, 0.5) is 0 Å². The number of unbranched alkanes of at least 4 members (excludes halogenated alkanes) is 2. The van der Waals surface area contributed by atoms with Crippen LogP contribution in [0.25, 0.3) is 0 Å². The zero-order chi connectivity index (χ0) is 15.4. The highest BCUT2D eigenvalue weighted by atomic mass is 16.9. The van der Waals surface area contributed by atoms with Gasteiger partial charge in [-0.25, -0.2) is 9.59 Å². The molecule has 114 valence electrons. The third kappa shape index (κ3) is 7.09. The average molecular weight is 284 g/mol. The molecule has 5 heteroatoms. The van der Waals surface area contributed by atoms with Gasteiger partial charge in [0.25, 0.3) is 0 Å². The number of esters is 2. The van der Waals surface area contributed by atoms with E-state index in [9.17, 15) is 9.59 Å². The van der Waals surface area contributed by atoms with Crippen LogP contribution >= 0.6 is 0 Å². The molecule has 0 saturated heterocycles. The number of rotatable bonds is 11. The molecule has 0 aliphatic rings. The van der Waals surface area contributed by atoms with Crippen molar-refractivity contribution < 1.29 is 23.8 Å². The van der Waals surface area contributed by atoms with Gasteiger partial charge in [0, 0.05) is 12.2 Å². The molecule has 0 aliphatic carbocycles. The molecule has 0 rings (SSSR count). The molecule has 0 aromatic heterocycles. The minimum atomic E-state index is -1.69. The fraction of sp³-hybridized carbons (Fsp3) is 0.600. The SMILES string of the molecule is C=CC(=O)OC(CCCCC)(OCCC)OC(=O)C=C. The first-order chi connectivity index (χ1) is 9.53. The third-order valence-electron chi connectivity index (χ3n) is 2.46. The quantitative estimate of drug-likeness (QED) is 0.252. The highest BCUT2D eigenvalue weighted by molar-refractivity contribution is 5.83. The van der Waals surface area contributed by atoms with Crippen LogP contribution in [0.5, 0.6) is 0 Å². The summed E-state index contributed by atoms with van der Waals surface area (Å²) in [6.45, 7) is 10.9. The summed E-state index contributed by atoms with van der Waals surface area (Å²) in [5.74, 6) is -3.09. The molecule has 20 heavy (non-hydrogen) atoms. The van der Waals surface area contributed by atoms with E-state index in [4.69, 9.17) is 14.2 Å². The molecule has 0 heterocycles. The lowest BCUT2D eigenvalue weighted by Gasteiger charge is -2.31. The molecule has 5 nitrogen and oxygen atoms in total. The summed E-state index contributed by atoms with van der Waals surface area (Å²) >= 11 is 0. The van der Waals surface area contributed by atoms with Crippen molar-refractivity contribution in [3.8, 4) is 0 Å². The van der Waals surface area contributed by atoms with Gasteiger partial charge >= 0.3 is 17.9 Å². The number of hydrogen-bond acceptors (Lipinski definition) is 5. The first kappa shape index (κ1) is 18.4. The molecule has 0 atom stereocenters. The fourth-order valence-electron chi connectivity index (χ4n) is 1.49. The van der Waals surface area contributed by atoms with Crippen molar-refractivity contribution in [1.29, 1.82) is 0 Å². The number of hydrogen-bond donors (Lipinski definition) is 0. The molecule has 0 radical (unpaired) electrons. The number of ether oxygens (including phenoxy) is 3. The number of carbonyl (C=O) groups excluding carboxylic acids is 2. The van der Waals surface area contributed by atoms with Gasteiger partial charge in [0.15, 0.2) is 0 Å². The Kier molecular flexibility index (Phi) is 9.38. The second kappa shape index (κ2) is 10.2. The maximum Gasteiger partial charge on any atom is 0.376 e. The predicted molar refractivity (Wildman–Crippen MR) is 75.7 cm³/mol. The van der Waals surface area contributed by atoms with Crippen molar-refractivity contribution in [2.75, 3.05) is 6.61 Å². The summed E-state index contributed by atoms with van der Waals surface area (Å²) in [7, 11) is 0. The Bertz CT molecular complexity index is 313. The Morgan fingerprint density at radius 1 is 1.00 bits per heavy atom. The summed E-state index contributed by atoms with van der Waals surface area (Å²) in [6.07, 6.45) is 5.59. The molecule has 0 spiro atoms. The van der Waals surface area contributed by atoms with Gasteiger partial charge < -0.3 is 14.2 Å². The number of carbonyl (C=O) groups is 2. The maximum absolute atomic E-state index is 11.5. The Morgan fingerprint density at radius 2 is 1.55 bits per heavy atom. The second-order valence-corrected chi connectivity index (χ2v) is 4.24. The molecular weight excluding hydrogens is 260 g/mol. The van der Waals surface area contributed by atoms with E-state index in [1.807, 2.05) is 13.8 Å². The summed E-state index contributed by atoms with van der Waals surface area (Å²) in [6, 6.07) is 0. The van der Waals surface area contributed by atoms with E-state index in [1.54, 1.807) is 0 Å². The van der Waals surface area contributed by atoms with Crippen LogP contribution < -0.4 is 0 Å². The van der Waals surface area contributed by atoms with Crippen LogP contribution in [0.15, 0.2) is 25.3 Å². The van der Waals surface area contributed by atoms with E-state index in [0.717, 1.165) is 25.0 Å². The molecule has 0 aliphatic heterocycles. The van der Waals surface area contributed by atoms with Gasteiger partial charge in [0.1, 0.15) is 0 Å². The van der Waals surface area contributed by atoms with Gasteiger partial charge in [-0.15, -0.1) is 0 Å². The Balaban J connectivity index is 5.02. The van der Waals surface area contributed by atoms with Gasteiger partial charge in [-0.05, 0) is 12.8 Å². The van der Waals surface area contributed by atoms with Crippen molar-refractivity contribution in [1.82, 2.24) is 0 Å². The lowest BCUT2D eigenvalue weighted by Crippen LogP contribution is -2.42. The lowest BCUT2D eigenvalue weighted by molar-refractivity contribution is -0.345. The largest absolute Gasteiger partial charge is 0.395 e. The van der Waals surface area contributed by atoms with Crippen molar-refractivity contribution >= 4 is 11.9 Å². The molecular formula is C15H24O5. The lowest BCUT2D eigenvalue weighted by atomic mass is 10.2. The van der Waals surface area contributed by atoms with Crippen LogP contribution in [-0.4, -0.2) is 24.5 Å². The third-order valence-corrected chi connectivity index (χ3v) is 2.46. The molecule has 0 amide bonds. The molecule has 0 bridgehead atoms. The molecule has 0 aromatic rings. The summed E-state index contributed by atoms with van der Waals surface area (Å²) in [5.41, 5.74) is 0. The highest BCUT2D eigenvalue weighted by Crippen LogP contribution is 2.25. The van der Waals surface area contributed by atoms with Crippen LogP contribution in [0.3, 0.4) is 0 Å². The van der Waals surface area contributed by atoms with Crippen molar-refractivity contribution in [2.24, 2.45) is 0 Å². The smallest absolute Gasteiger partial charge is 0.376 e. The molecule has 0 saturated carbocycles. The van der Waals surface area contributed by atoms with E-state index in [0.29, 0.717) is 19.4 Å². The first-order valence-electron chi connectivity index (χ1n) is 6.88. The standard InChI is InChI=1S/C15H24O5/c1-5-9-10-11-15(18-12-6-2,19-13(16)7-3)20-14(17)8-4/h7-8H,3-6,9-12H2,1-2H3. The van der Waals surface area contributed by atoms with Crippen LogP contribution in [0, 0.1) is 0 Å². The fourth-order valence-corrected chi connectivity index (χ4v) is 1.49. The van der Waals surface area contributed by atoms with Crippen molar-refractivity contribution in [2.45, 2.75) is 51.9 Å². The van der Waals surface area contributed by atoms with E-state index in [2.05, 4.69) is 13.2 Å². The van der Waals surface area contributed by atoms with Gasteiger partial charge in [-0.2, -0.15) is 0 Å². The van der Waals surface area contributed by atoms with Crippen molar-refractivity contribution in [3.63, 3.8) is 0 Å². The monoisotopic (exact) mass is 284 g/mol. The molecule has 0 unspecified atom stereocenters. The topological polar surface area (TPSA) is 61.8 Å². The summed E-state index contributed by atoms with van der Waals surface area (Å²) in [4.78, 5) is 22.9. The Labute approximate surface area is 120 Å². The van der Waals surface area contributed by atoms with Crippen LogP contribution in [0.1, 0.15) is 46.0 Å². The normalized spacial score (nSPS) is 10.7. The average Bonchev–Trinajstić information content (AvgIpc) is 2.45. The van der Waals surface area contributed by atoms with E-state index >= 15 is 0 Å².